The van der Waals surface area contributed by atoms with Gasteiger partial charge in [-0.3, -0.25) is 0 Å². The minimum Gasteiger partial charge on any atom is -0.300 e. The van der Waals surface area contributed by atoms with Gasteiger partial charge < -0.3 is 4.90 Å². The van der Waals surface area contributed by atoms with E-state index in [1.54, 1.807) is 0 Å². The number of hydrogen-bond donors (Lipinski definition) is 0. The van der Waals surface area contributed by atoms with Crippen molar-refractivity contribution in [1.29, 1.82) is 0 Å². The fourth-order valence-corrected chi connectivity index (χ4v) is 5.29. The predicted octanol–water partition coefficient (Wildman–Crippen LogP) is 7.42. The lowest BCUT2D eigenvalue weighted by Gasteiger charge is -2.30. The van der Waals surface area contributed by atoms with Crippen molar-refractivity contribution in [3.63, 3.8) is 0 Å². The third kappa shape index (κ3) is 5.06. The lowest BCUT2D eigenvalue weighted by atomic mass is 9.90. The smallest absolute Gasteiger partial charge is 0.0699 e. The summed E-state index contributed by atoms with van der Waals surface area (Å²) < 4.78 is 0. The van der Waals surface area contributed by atoms with Crippen molar-refractivity contribution < 1.29 is 0 Å². The van der Waals surface area contributed by atoms with Crippen LogP contribution in [0.2, 0.25) is 0 Å². The highest BCUT2D eigenvalue weighted by atomic mass is 35.5. The summed E-state index contributed by atoms with van der Waals surface area (Å²) >= 11 is 13.8. The van der Waals surface area contributed by atoms with Gasteiger partial charge in [0.15, 0.2) is 0 Å². The lowest BCUT2D eigenvalue weighted by molar-refractivity contribution is 0.202. The Kier molecular flexibility index (Phi) is 6.82. The van der Waals surface area contributed by atoms with Crippen LogP contribution in [0.15, 0.2) is 48.5 Å². The summed E-state index contributed by atoms with van der Waals surface area (Å²) in [4.78, 5) is 2.40. The van der Waals surface area contributed by atoms with Crippen LogP contribution < -0.4 is 0 Å². The van der Waals surface area contributed by atoms with Gasteiger partial charge in [-0.05, 0) is 87.1 Å². The summed E-state index contributed by atoms with van der Waals surface area (Å²) in [5.41, 5.74) is 5.58. The van der Waals surface area contributed by atoms with Crippen LogP contribution in [0, 0.1) is 0 Å². The van der Waals surface area contributed by atoms with E-state index in [1.165, 1.54) is 28.7 Å². The molecular formula is C27H35Cl2N. The molecule has 0 aliphatic heterocycles. The number of hydrogen-bond acceptors (Lipinski definition) is 1. The third-order valence-corrected chi connectivity index (χ3v) is 8.16. The highest BCUT2D eigenvalue weighted by molar-refractivity contribution is 6.27. The Hall–Kier alpha value is -1.02. The number of nitrogens with zero attached hydrogens (tertiary/aromatic N) is 1. The van der Waals surface area contributed by atoms with E-state index in [2.05, 4.69) is 67.3 Å². The molecule has 30 heavy (non-hydrogen) atoms. The molecule has 0 radical (unpaired) electrons. The van der Waals surface area contributed by atoms with Crippen molar-refractivity contribution in [2.75, 3.05) is 13.1 Å². The molecule has 1 nitrogen and oxygen atoms in total. The van der Waals surface area contributed by atoms with Crippen LogP contribution >= 0.6 is 23.2 Å². The molecule has 0 saturated heterocycles. The Labute approximate surface area is 192 Å². The molecule has 0 aromatic heterocycles. The Morgan fingerprint density at radius 2 is 1.43 bits per heavy atom. The molecule has 0 bridgehead atoms. The summed E-state index contributed by atoms with van der Waals surface area (Å²) in [7, 11) is 0. The van der Waals surface area contributed by atoms with E-state index in [0.717, 1.165) is 58.0 Å². The molecule has 2 fully saturated rings. The van der Waals surface area contributed by atoms with Crippen LogP contribution in [-0.2, 0) is 22.6 Å². The molecule has 2 aliphatic carbocycles. The van der Waals surface area contributed by atoms with Gasteiger partial charge in [0, 0.05) is 12.6 Å². The maximum absolute atomic E-state index is 6.91. The van der Waals surface area contributed by atoms with Gasteiger partial charge >= 0.3 is 0 Å². The van der Waals surface area contributed by atoms with Gasteiger partial charge in [0.2, 0.25) is 0 Å². The van der Waals surface area contributed by atoms with Crippen LogP contribution in [0.1, 0.15) is 74.6 Å². The third-order valence-electron chi connectivity index (χ3n) is 7.00. The minimum absolute atomic E-state index is 0.132. The summed E-state index contributed by atoms with van der Waals surface area (Å²) in [6.45, 7) is 6.95. The maximum atomic E-state index is 6.91. The van der Waals surface area contributed by atoms with Gasteiger partial charge in [-0.1, -0.05) is 55.5 Å². The van der Waals surface area contributed by atoms with Crippen molar-refractivity contribution in [3.05, 3.63) is 70.8 Å². The molecule has 0 N–H and O–H groups in total. The molecular weight excluding hydrogens is 409 g/mol. The fourth-order valence-electron chi connectivity index (χ4n) is 4.75. The van der Waals surface area contributed by atoms with E-state index in [4.69, 9.17) is 23.2 Å². The first kappa shape index (κ1) is 22.2. The summed E-state index contributed by atoms with van der Waals surface area (Å²) in [6, 6.07) is 18.1. The lowest BCUT2D eigenvalue weighted by Crippen LogP contribution is -2.36. The van der Waals surface area contributed by atoms with Crippen LogP contribution in [0.4, 0.5) is 0 Å². The highest BCUT2D eigenvalue weighted by Gasteiger charge is 2.48. The number of benzene rings is 2. The number of alkyl halides is 2. The average Bonchev–Trinajstić information content (AvgIpc) is 3.69. The first-order valence-electron chi connectivity index (χ1n) is 11.7. The molecule has 162 valence electrons. The molecule has 2 aromatic carbocycles. The van der Waals surface area contributed by atoms with Crippen molar-refractivity contribution >= 4 is 23.2 Å². The average molecular weight is 444 g/mol. The minimum atomic E-state index is -0.132. The molecule has 3 heteroatoms. The maximum Gasteiger partial charge on any atom is 0.0699 e. The van der Waals surface area contributed by atoms with Crippen LogP contribution in [0.25, 0.3) is 0 Å². The van der Waals surface area contributed by atoms with Gasteiger partial charge in [0.1, 0.15) is 0 Å². The summed E-state index contributed by atoms with van der Waals surface area (Å²) in [5, 5.41) is 0. The predicted molar refractivity (Wildman–Crippen MR) is 130 cm³/mol. The zero-order valence-electron chi connectivity index (χ0n) is 18.5. The van der Waals surface area contributed by atoms with E-state index < -0.39 is 0 Å². The molecule has 2 saturated carbocycles. The molecule has 0 spiro atoms. The molecule has 1 unspecified atom stereocenters. The van der Waals surface area contributed by atoms with E-state index in [-0.39, 0.29) is 9.75 Å². The Morgan fingerprint density at radius 3 is 1.97 bits per heavy atom. The number of halogens is 2. The Morgan fingerprint density at radius 1 is 0.833 bits per heavy atom. The molecule has 1 atom stereocenters. The molecule has 2 aromatic rings. The van der Waals surface area contributed by atoms with Gasteiger partial charge in [-0.25, -0.2) is 0 Å². The largest absolute Gasteiger partial charge is 0.300 e. The molecule has 0 amide bonds. The standard InChI is InChI=1S/C27H35Cl2N/c1-3-19-30(20-14-22-8-5-4-6-9-22)21(2)12-13-23-24(26(28)15-16-26)10-7-11-25(23)27(29)17-18-27/h4-11,21H,3,12-20H2,1-2H3. The quantitative estimate of drug-likeness (QED) is 0.326. The zero-order chi connectivity index (χ0) is 21.2. The van der Waals surface area contributed by atoms with Gasteiger partial charge in [-0.15, -0.1) is 23.2 Å². The molecule has 2 aliphatic rings. The topological polar surface area (TPSA) is 3.24 Å². The fraction of sp³-hybridized carbons (Fsp3) is 0.556. The highest BCUT2D eigenvalue weighted by Crippen LogP contribution is 2.58. The van der Waals surface area contributed by atoms with Gasteiger partial charge in [-0.2, -0.15) is 0 Å². The first-order chi connectivity index (χ1) is 14.5. The van der Waals surface area contributed by atoms with Gasteiger partial charge in [0.05, 0.1) is 9.75 Å². The van der Waals surface area contributed by atoms with E-state index >= 15 is 0 Å². The van der Waals surface area contributed by atoms with Crippen molar-refractivity contribution in [3.8, 4) is 0 Å². The Balaban J connectivity index is 1.46. The van der Waals surface area contributed by atoms with E-state index in [1.807, 2.05) is 0 Å². The van der Waals surface area contributed by atoms with Crippen molar-refractivity contribution in [1.82, 2.24) is 4.90 Å². The second kappa shape index (κ2) is 9.23. The SMILES string of the molecule is CCCN(CCc1ccccc1)C(C)CCc1c(C2(Cl)CC2)cccc1C1(Cl)CC1. The second-order valence-electron chi connectivity index (χ2n) is 9.42. The number of rotatable bonds is 11. The van der Waals surface area contributed by atoms with E-state index in [9.17, 15) is 0 Å². The zero-order valence-corrected chi connectivity index (χ0v) is 20.0. The van der Waals surface area contributed by atoms with E-state index in [0.29, 0.717) is 6.04 Å². The van der Waals surface area contributed by atoms with Crippen LogP contribution in [0.5, 0.6) is 0 Å². The summed E-state index contributed by atoms with van der Waals surface area (Å²) in [6.07, 6.45) is 8.90. The monoisotopic (exact) mass is 443 g/mol. The van der Waals surface area contributed by atoms with Crippen molar-refractivity contribution in [2.45, 2.75) is 81.0 Å². The molecule has 0 heterocycles. The van der Waals surface area contributed by atoms with Crippen molar-refractivity contribution in [2.24, 2.45) is 0 Å². The normalized spacial score (nSPS) is 19.6. The first-order valence-corrected chi connectivity index (χ1v) is 12.5. The molecule has 4 rings (SSSR count). The van der Waals surface area contributed by atoms with Gasteiger partial charge in [0.25, 0.3) is 0 Å². The van der Waals surface area contributed by atoms with Crippen LogP contribution in [0.3, 0.4) is 0 Å². The summed E-state index contributed by atoms with van der Waals surface area (Å²) in [5.74, 6) is 0. The Bertz CT molecular complexity index is 803. The van der Waals surface area contributed by atoms with Crippen LogP contribution in [-0.4, -0.2) is 24.0 Å². The second-order valence-corrected chi connectivity index (χ2v) is 10.9.